The molecule has 3 heteroatoms. The molecule has 3 aliphatic rings. The second-order valence-electron chi connectivity index (χ2n) is 8.79. The van der Waals surface area contributed by atoms with Crippen molar-refractivity contribution in [1.29, 1.82) is 0 Å². The fourth-order valence-electron chi connectivity index (χ4n) is 5.67. The van der Waals surface area contributed by atoms with Crippen molar-refractivity contribution in [2.75, 3.05) is 0 Å². The summed E-state index contributed by atoms with van der Waals surface area (Å²) in [4.78, 5) is 11.5. The van der Waals surface area contributed by atoms with Crippen LogP contribution in [0.25, 0.3) is 0 Å². The van der Waals surface area contributed by atoms with E-state index >= 15 is 0 Å². The second kappa shape index (κ2) is 6.01. The van der Waals surface area contributed by atoms with Gasteiger partial charge in [-0.1, -0.05) is 32.9 Å². The predicted octanol–water partition coefficient (Wildman–Crippen LogP) is 4.41. The van der Waals surface area contributed by atoms with Crippen molar-refractivity contribution in [2.24, 2.45) is 22.7 Å². The Labute approximate surface area is 146 Å². The van der Waals surface area contributed by atoms with Crippen LogP contribution in [0, 0.1) is 22.7 Å². The molecule has 0 amide bonds. The smallest absolute Gasteiger partial charge is 0.331 e. The molecular weight excluding hydrogens is 300 g/mol. The van der Waals surface area contributed by atoms with Gasteiger partial charge in [0.05, 0.1) is 6.10 Å². The van der Waals surface area contributed by atoms with Crippen LogP contribution in [0.3, 0.4) is 0 Å². The summed E-state index contributed by atoms with van der Waals surface area (Å²) in [7, 11) is 0. The van der Waals surface area contributed by atoms with Gasteiger partial charge in [-0.05, 0) is 68.3 Å². The Morgan fingerprint density at radius 2 is 2.08 bits per heavy atom. The maximum atomic E-state index is 11.5. The maximum Gasteiger partial charge on any atom is 0.331 e. The molecule has 24 heavy (non-hydrogen) atoms. The van der Waals surface area contributed by atoms with Crippen LogP contribution < -0.4 is 0 Å². The first-order valence-electron chi connectivity index (χ1n) is 9.47. The molecule has 0 spiro atoms. The van der Waals surface area contributed by atoms with E-state index in [1.807, 2.05) is 6.92 Å². The van der Waals surface area contributed by atoms with Crippen molar-refractivity contribution in [3.05, 3.63) is 23.8 Å². The highest BCUT2D eigenvalue weighted by Crippen LogP contribution is 2.62. The molecule has 0 aromatic rings. The van der Waals surface area contributed by atoms with Crippen LogP contribution in [-0.2, 0) is 9.53 Å². The molecule has 3 rings (SSSR count). The van der Waals surface area contributed by atoms with E-state index in [0.717, 1.165) is 37.7 Å². The summed E-state index contributed by atoms with van der Waals surface area (Å²) in [5, 5.41) is 10.9. The fraction of sp³-hybridized carbons (Fsp3) is 0.762. The topological polar surface area (TPSA) is 46.5 Å². The predicted molar refractivity (Wildman–Crippen MR) is 95.4 cm³/mol. The number of hydrogen-bond acceptors (Lipinski definition) is 3. The van der Waals surface area contributed by atoms with Crippen LogP contribution in [0.5, 0.6) is 0 Å². The number of hydrogen-bond donors (Lipinski definition) is 1. The molecule has 1 heterocycles. The molecule has 2 saturated carbocycles. The number of fused-ring (bicyclic) bond motifs is 1. The number of rotatable bonds is 3. The van der Waals surface area contributed by atoms with Crippen molar-refractivity contribution in [3.8, 4) is 0 Å². The van der Waals surface area contributed by atoms with Gasteiger partial charge in [-0.3, -0.25) is 0 Å². The van der Waals surface area contributed by atoms with Gasteiger partial charge in [-0.2, -0.15) is 0 Å². The lowest BCUT2D eigenvalue weighted by Crippen LogP contribution is -2.57. The minimum absolute atomic E-state index is 0.0849. The van der Waals surface area contributed by atoms with Gasteiger partial charge in [-0.15, -0.1) is 0 Å². The Morgan fingerprint density at radius 1 is 1.38 bits per heavy atom. The maximum absolute atomic E-state index is 11.5. The van der Waals surface area contributed by atoms with Gasteiger partial charge in [0.1, 0.15) is 6.10 Å². The standard InChI is InChI=1S/C21H32O3/c1-13-7-6-8-17-20(4,14(2)11-18(22)21(13,17)5)10-9-16-12-19(23)24-15(16)3/h12,14-15,17-18,22H,1,6-11H2,2-5H3/t14-,15?,17-,18+,20+,21+/m1/s1. The molecule has 0 aromatic carbocycles. The van der Waals surface area contributed by atoms with E-state index in [9.17, 15) is 9.90 Å². The molecule has 1 N–H and O–H groups in total. The summed E-state index contributed by atoms with van der Waals surface area (Å²) in [5.41, 5.74) is 2.35. The zero-order valence-electron chi connectivity index (χ0n) is 15.6. The average Bonchev–Trinajstić information content (AvgIpc) is 2.84. The first kappa shape index (κ1) is 17.7. The number of ether oxygens (including phenoxy) is 1. The summed E-state index contributed by atoms with van der Waals surface area (Å²) >= 11 is 0. The van der Waals surface area contributed by atoms with E-state index < -0.39 is 0 Å². The molecule has 1 aliphatic heterocycles. The van der Waals surface area contributed by atoms with E-state index in [0.29, 0.717) is 11.8 Å². The van der Waals surface area contributed by atoms with Crippen molar-refractivity contribution in [3.63, 3.8) is 0 Å². The normalized spacial score (nSPS) is 45.6. The second-order valence-corrected chi connectivity index (χ2v) is 8.79. The number of aliphatic hydroxyl groups excluding tert-OH is 1. The van der Waals surface area contributed by atoms with Crippen molar-refractivity contribution in [2.45, 2.75) is 78.4 Å². The first-order valence-corrected chi connectivity index (χ1v) is 9.47. The van der Waals surface area contributed by atoms with Crippen LogP contribution in [0.4, 0.5) is 0 Å². The van der Waals surface area contributed by atoms with Crippen molar-refractivity contribution in [1.82, 2.24) is 0 Å². The Hall–Kier alpha value is -1.09. The van der Waals surface area contributed by atoms with Gasteiger partial charge in [0.25, 0.3) is 0 Å². The first-order chi connectivity index (χ1) is 11.2. The third kappa shape index (κ3) is 2.56. The summed E-state index contributed by atoms with van der Waals surface area (Å²) in [6.07, 6.45) is 7.48. The fourth-order valence-corrected chi connectivity index (χ4v) is 5.67. The number of esters is 1. The molecule has 3 nitrogen and oxygen atoms in total. The monoisotopic (exact) mass is 332 g/mol. The molecule has 1 unspecified atom stereocenters. The summed E-state index contributed by atoms with van der Waals surface area (Å²) < 4.78 is 5.25. The van der Waals surface area contributed by atoms with Crippen LogP contribution in [-0.4, -0.2) is 23.3 Å². The SMILES string of the molecule is C=C1CCC[C@@H]2[C@@](C)(CCC3=CC(=O)OC3C)[C@H](C)C[C@H](O)[C@@]12C. The zero-order valence-corrected chi connectivity index (χ0v) is 15.6. The summed E-state index contributed by atoms with van der Waals surface area (Å²) in [6.45, 7) is 13.2. The Morgan fingerprint density at radius 3 is 2.71 bits per heavy atom. The Bertz CT molecular complexity index is 578. The van der Waals surface area contributed by atoms with Gasteiger partial charge < -0.3 is 9.84 Å². The zero-order chi connectivity index (χ0) is 17.7. The van der Waals surface area contributed by atoms with Gasteiger partial charge in [0, 0.05) is 11.5 Å². The number of cyclic esters (lactones) is 1. The van der Waals surface area contributed by atoms with Crippen LogP contribution in [0.1, 0.15) is 66.2 Å². The molecule has 6 atom stereocenters. The Kier molecular flexibility index (Phi) is 4.44. The third-order valence-electron chi connectivity index (χ3n) is 7.72. The lowest BCUT2D eigenvalue weighted by Gasteiger charge is -2.60. The van der Waals surface area contributed by atoms with Gasteiger partial charge in [-0.25, -0.2) is 4.79 Å². The molecule has 2 aliphatic carbocycles. The molecule has 0 bridgehead atoms. The molecule has 0 radical (unpaired) electrons. The highest BCUT2D eigenvalue weighted by Gasteiger charge is 2.57. The lowest BCUT2D eigenvalue weighted by molar-refractivity contribution is -0.138. The average molecular weight is 332 g/mol. The molecule has 134 valence electrons. The molecule has 0 saturated heterocycles. The quantitative estimate of drug-likeness (QED) is 0.615. The molecule has 0 aromatic heterocycles. The van der Waals surface area contributed by atoms with Crippen LogP contribution >= 0.6 is 0 Å². The van der Waals surface area contributed by atoms with E-state index in [1.54, 1.807) is 6.08 Å². The van der Waals surface area contributed by atoms with Crippen molar-refractivity contribution >= 4 is 5.97 Å². The number of carbonyl (C=O) groups is 1. The summed E-state index contributed by atoms with van der Waals surface area (Å²) in [6, 6.07) is 0. The van der Waals surface area contributed by atoms with Crippen LogP contribution in [0.2, 0.25) is 0 Å². The van der Waals surface area contributed by atoms with E-state index in [-0.39, 0.29) is 29.0 Å². The summed E-state index contributed by atoms with van der Waals surface area (Å²) in [5.74, 6) is 0.718. The van der Waals surface area contributed by atoms with Gasteiger partial charge in [0.15, 0.2) is 0 Å². The van der Waals surface area contributed by atoms with Gasteiger partial charge >= 0.3 is 5.97 Å². The lowest BCUT2D eigenvalue weighted by atomic mass is 9.45. The molecular formula is C21H32O3. The van der Waals surface area contributed by atoms with E-state index in [4.69, 9.17) is 4.74 Å². The highest BCUT2D eigenvalue weighted by molar-refractivity contribution is 5.85. The van der Waals surface area contributed by atoms with Crippen LogP contribution in [0.15, 0.2) is 23.8 Å². The molecule has 2 fully saturated rings. The minimum Gasteiger partial charge on any atom is -0.455 e. The van der Waals surface area contributed by atoms with E-state index in [2.05, 4.69) is 27.4 Å². The number of carbonyl (C=O) groups excluding carboxylic acids is 1. The largest absolute Gasteiger partial charge is 0.455 e. The van der Waals surface area contributed by atoms with Crippen molar-refractivity contribution < 1.29 is 14.6 Å². The highest BCUT2D eigenvalue weighted by atomic mass is 16.5. The minimum atomic E-state index is -0.284. The Balaban J connectivity index is 1.85. The van der Waals surface area contributed by atoms with E-state index in [1.165, 1.54) is 12.0 Å². The van der Waals surface area contributed by atoms with Gasteiger partial charge in [0.2, 0.25) is 0 Å². The number of aliphatic hydroxyl groups is 1. The third-order valence-corrected chi connectivity index (χ3v) is 7.72.